The second kappa shape index (κ2) is 6.52. The number of aromatic nitrogens is 2. The van der Waals surface area contributed by atoms with Crippen molar-refractivity contribution in [3.8, 4) is 0 Å². The van der Waals surface area contributed by atoms with E-state index in [1.54, 1.807) is 6.92 Å². The van der Waals surface area contributed by atoms with Gasteiger partial charge in [0.1, 0.15) is 5.69 Å². The van der Waals surface area contributed by atoms with Gasteiger partial charge in [0.2, 0.25) is 0 Å². The summed E-state index contributed by atoms with van der Waals surface area (Å²) in [5.74, 6) is 0.0943. The molecule has 1 N–H and O–H groups in total. The van der Waals surface area contributed by atoms with Crippen molar-refractivity contribution in [3.63, 3.8) is 0 Å². The van der Waals surface area contributed by atoms with Gasteiger partial charge in [-0.1, -0.05) is 5.16 Å². The number of hydrogen-bond donors (Lipinski definition) is 1. The Morgan fingerprint density at radius 2 is 2.28 bits per heavy atom. The first-order valence-corrected chi connectivity index (χ1v) is 8.85. The molecule has 1 aliphatic carbocycles. The molecule has 0 aliphatic heterocycles. The summed E-state index contributed by atoms with van der Waals surface area (Å²) < 4.78 is 12.7. The Hall–Kier alpha value is -2.34. The van der Waals surface area contributed by atoms with Crippen LogP contribution in [0.1, 0.15) is 37.9 Å². The Bertz CT molecular complexity index is 911. The van der Waals surface area contributed by atoms with Crippen molar-refractivity contribution in [2.24, 2.45) is 5.92 Å². The largest absolute Gasteiger partial charge is 0.466 e. The molecule has 1 saturated carbocycles. The van der Waals surface area contributed by atoms with Crippen molar-refractivity contribution in [1.82, 2.24) is 9.72 Å². The minimum Gasteiger partial charge on any atom is -0.466 e. The summed E-state index contributed by atoms with van der Waals surface area (Å²) in [5.41, 5.74) is 2.42. The highest BCUT2D eigenvalue weighted by molar-refractivity contribution is 6.06. The van der Waals surface area contributed by atoms with Crippen LogP contribution < -0.4 is 0 Å². The van der Waals surface area contributed by atoms with Gasteiger partial charge in [0.05, 0.1) is 18.4 Å². The summed E-state index contributed by atoms with van der Waals surface area (Å²) in [5, 5.41) is 15.4. The van der Waals surface area contributed by atoms with Crippen molar-refractivity contribution in [2.75, 3.05) is 13.2 Å². The molecule has 2 heterocycles. The third-order valence-electron chi connectivity index (χ3n) is 5.19. The molecule has 132 valence electrons. The predicted octanol–water partition coefficient (Wildman–Crippen LogP) is 3.22. The summed E-state index contributed by atoms with van der Waals surface area (Å²) in [6.07, 6.45) is 5.34. The standard InChI is InChI=1S/C19H22N2O4/c1-2-24-18(23)10-15-19-14-7-8-21(13-4-3-12(9-13)11-22)16(14)5-6-17(19)25-20-15/h5-8,12-13,22H,2-4,9-11H2,1H3/t12-,13-/m1/s1. The van der Waals surface area contributed by atoms with Crippen LogP contribution in [-0.2, 0) is 16.0 Å². The molecule has 1 fully saturated rings. The van der Waals surface area contributed by atoms with Crippen molar-refractivity contribution >= 4 is 27.8 Å². The molecule has 6 heteroatoms. The van der Waals surface area contributed by atoms with Gasteiger partial charge in [-0.2, -0.15) is 0 Å². The van der Waals surface area contributed by atoms with Gasteiger partial charge in [-0.15, -0.1) is 0 Å². The molecule has 0 radical (unpaired) electrons. The van der Waals surface area contributed by atoms with Crippen LogP contribution in [0.2, 0.25) is 0 Å². The van der Waals surface area contributed by atoms with Crippen molar-refractivity contribution < 1.29 is 19.2 Å². The zero-order chi connectivity index (χ0) is 17.4. The number of benzene rings is 1. The van der Waals surface area contributed by atoms with Crippen molar-refractivity contribution in [1.29, 1.82) is 0 Å². The van der Waals surface area contributed by atoms with E-state index >= 15 is 0 Å². The number of ether oxygens (including phenoxy) is 1. The Morgan fingerprint density at radius 3 is 3.04 bits per heavy atom. The second-order valence-electron chi connectivity index (χ2n) is 6.72. The molecule has 1 aliphatic rings. The summed E-state index contributed by atoms with van der Waals surface area (Å²) >= 11 is 0. The van der Waals surface area contributed by atoms with E-state index in [0.29, 0.717) is 29.8 Å². The first kappa shape index (κ1) is 16.1. The highest BCUT2D eigenvalue weighted by Crippen LogP contribution is 2.38. The van der Waals surface area contributed by atoms with Crippen LogP contribution >= 0.6 is 0 Å². The molecule has 0 bridgehead atoms. The third-order valence-corrected chi connectivity index (χ3v) is 5.19. The zero-order valence-corrected chi connectivity index (χ0v) is 14.3. The number of hydrogen-bond acceptors (Lipinski definition) is 5. The summed E-state index contributed by atoms with van der Waals surface area (Å²) in [6, 6.07) is 6.42. The number of carbonyl (C=O) groups is 1. The molecule has 2 aromatic heterocycles. The number of carbonyl (C=O) groups excluding carboxylic acids is 1. The minimum absolute atomic E-state index is 0.112. The lowest BCUT2D eigenvalue weighted by atomic mass is 10.1. The summed E-state index contributed by atoms with van der Waals surface area (Å²) in [4.78, 5) is 11.8. The van der Waals surface area contributed by atoms with Crippen LogP contribution in [0.25, 0.3) is 21.9 Å². The lowest BCUT2D eigenvalue weighted by molar-refractivity contribution is -0.142. The number of esters is 1. The van der Waals surface area contributed by atoms with Crippen LogP contribution in [0.3, 0.4) is 0 Å². The van der Waals surface area contributed by atoms with E-state index in [1.807, 2.05) is 12.1 Å². The topological polar surface area (TPSA) is 77.5 Å². The fraction of sp³-hybridized carbons (Fsp3) is 0.474. The number of rotatable bonds is 5. The first-order chi connectivity index (χ1) is 12.2. The molecular formula is C19H22N2O4. The number of fused-ring (bicyclic) bond motifs is 3. The molecule has 0 amide bonds. The molecule has 25 heavy (non-hydrogen) atoms. The van der Waals surface area contributed by atoms with Crippen molar-refractivity contribution in [2.45, 2.75) is 38.6 Å². The lowest BCUT2D eigenvalue weighted by Crippen LogP contribution is -2.08. The summed E-state index contributed by atoms with van der Waals surface area (Å²) in [7, 11) is 0. The maximum absolute atomic E-state index is 11.8. The smallest absolute Gasteiger partial charge is 0.312 e. The second-order valence-corrected chi connectivity index (χ2v) is 6.72. The fourth-order valence-corrected chi connectivity index (χ4v) is 4.00. The van der Waals surface area contributed by atoms with Gasteiger partial charge in [0, 0.05) is 29.7 Å². The quantitative estimate of drug-likeness (QED) is 0.720. The monoisotopic (exact) mass is 342 g/mol. The molecule has 0 spiro atoms. The van der Waals surface area contributed by atoms with Gasteiger partial charge in [-0.3, -0.25) is 4.79 Å². The van der Waals surface area contributed by atoms with E-state index in [9.17, 15) is 9.90 Å². The maximum atomic E-state index is 11.8. The van der Waals surface area contributed by atoms with E-state index in [0.717, 1.165) is 35.6 Å². The van der Waals surface area contributed by atoms with Crippen LogP contribution in [0, 0.1) is 5.92 Å². The Balaban J connectivity index is 1.74. The van der Waals surface area contributed by atoms with Crippen LogP contribution in [0.4, 0.5) is 0 Å². The maximum Gasteiger partial charge on any atom is 0.312 e. The molecule has 0 unspecified atom stereocenters. The Labute approximate surface area is 145 Å². The lowest BCUT2D eigenvalue weighted by Gasteiger charge is -2.14. The van der Waals surface area contributed by atoms with Gasteiger partial charge >= 0.3 is 5.97 Å². The predicted molar refractivity (Wildman–Crippen MR) is 93.3 cm³/mol. The average Bonchev–Trinajstić information content (AvgIpc) is 3.31. The first-order valence-electron chi connectivity index (χ1n) is 8.85. The number of nitrogens with zero attached hydrogens (tertiary/aromatic N) is 2. The average molecular weight is 342 g/mol. The summed E-state index contributed by atoms with van der Waals surface area (Å²) in [6.45, 7) is 2.40. The Morgan fingerprint density at radius 1 is 1.40 bits per heavy atom. The highest BCUT2D eigenvalue weighted by atomic mass is 16.5. The molecule has 6 nitrogen and oxygen atoms in total. The number of aliphatic hydroxyl groups is 1. The highest BCUT2D eigenvalue weighted by Gasteiger charge is 2.26. The van der Waals surface area contributed by atoms with E-state index in [-0.39, 0.29) is 19.0 Å². The number of aliphatic hydroxyl groups excluding tert-OH is 1. The molecular weight excluding hydrogens is 320 g/mol. The van der Waals surface area contributed by atoms with Crippen LogP contribution in [0.5, 0.6) is 0 Å². The molecule has 2 atom stereocenters. The van der Waals surface area contributed by atoms with E-state index in [2.05, 4.69) is 22.0 Å². The normalized spacial score (nSPS) is 20.6. The molecule has 0 saturated heterocycles. The van der Waals surface area contributed by atoms with Crippen molar-refractivity contribution in [3.05, 3.63) is 30.1 Å². The van der Waals surface area contributed by atoms with E-state index < -0.39 is 0 Å². The van der Waals surface area contributed by atoms with Gasteiger partial charge in [-0.25, -0.2) is 0 Å². The molecule has 1 aromatic carbocycles. The third kappa shape index (κ3) is 2.80. The molecule has 3 aromatic rings. The fourth-order valence-electron chi connectivity index (χ4n) is 4.00. The van der Waals surface area contributed by atoms with Gasteiger partial charge in [-0.05, 0) is 50.3 Å². The van der Waals surface area contributed by atoms with Gasteiger partial charge in [0.15, 0.2) is 5.58 Å². The Kier molecular flexibility index (Phi) is 4.21. The van der Waals surface area contributed by atoms with Gasteiger partial charge in [0.25, 0.3) is 0 Å². The van der Waals surface area contributed by atoms with Crippen LogP contribution in [-0.4, -0.2) is 34.0 Å². The zero-order valence-electron chi connectivity index (χ0n) is 14.3. The van der Waals surface area contributed by atoms with Gasteiger partial charge < -0.3 is 18.9 Å². The van der Waals surface area contributed by atoms with E-state index in [1.165, 1.54) is 0 Å². The van der Waals surface area contributed by atoms with E-state index in [4.69, 9.17) is 9.26 Å². The molecule has 4 rings (SSSR count). The van der Waals surface area contributed by atoms with Crippen LogP contribution in [0.15, 0.2) is 28.9 Å². The minimum atomic E-state index is -0.296. The SMILES string of the molecule is CCOC(=O)Cc1noc2ccc3c(ccn3[C@@H]3CC[C@@H](CO)C3)c12.